The third-order valence-electron chi connectivity index (χ3n) is 7.16. The molecule has 4 saturated carbocycles. The Kier molecular flexibility index (Phi) is 4.18. The minimum absolute atomic E-state index is 0.128. The smallest absolute Gasteiger partial charge is 0.270 e. The molecule has 4 bridgehead atoms. The van der Waals surface area contributed by atoms with E-state index >= 15 is 0 Å². The number of carbonyl (C=O) groups excluding carboxylic acids is 1. The van der Waals surface area contributed by atoms with Crippen molar-refractivity contribution in [3.05, 3.63) is 45.0 Å². The van der Waals surface area contributed by atoms with Crippen molar-refractivity contribution in [3.63, 3.8) is 0 Å². The van der Waals surface area contributed by atoms with Gasteiger partial charge in [0.05, 0.1) is 22.2 Å². The lowest BCUT2D eigenvalue weighted by Crippen LogP contribution is -2.51. The van der Waals surface area contributed by atoms with E-state index < -0.39 is 10.5 Å². The van der Waals surface area contributed by atoms with Gasteiger partial charge in [0.2, 0.25) is 5.91 Å². The van der Waals surface area contributed by atoms with Gasteiger partial charge in [0.1, 0.15) is 6.54 Å². The van der Waals surface area contributed by atoms with Crippen molar-refractivity contribution < 1.29 is 9.72 Å². The van der Waals surface area contributed by atoms with E-state index in [1.54, 1.807) is 0 Å². The number of aromatic nitrogens is 2. The number of nitrogens with one attached hydrogen (secondary N) is 1. The second-order valence-electron chi connectivity index (χ2n) is 9.33. The molecule has 1 heterocycles. The van der Waals surface area contributed by atoms with Gasteiger partial charge in [-0.05, 0) is 67.8 Å². The fraction of sp³-hybridized carbons (Fsp3) is 0.571. The van der Waals surface area contributed by atoms with Gasteiger partial charge in [0, 0.05) is 18.7 Å². The SMILES string of the molecule is O=C(Cn1cnc2ccc([N+](=O)[O-])cc2c1=O)NCC12CC3CC(CC(C3)C1)C2. The van der Waals surface area contributed by atoms with E-state index in [9.17, 15) is 19.7 Å². The Hall–Kier alpha value is -2.77. The predicted octanol–water partition coefficient (Wildman–Crippen LogP) is 2.64. The van der Waals surface area contributed by atoms with E-state index in [0.717, 1.165) is 17.8 Å². The van der Waals surface area contributed by atoms with E-state index in [4.69, 9.17) is 0 Å². The highest BCUT2D eigenvalue weighted by Gasteiger charge is 2.50. The minimum atomic E-state index is -0.547. The summed E-state index contributed by atoms with van der Waals surface area (Å²) in [5.74, 6) is 2.25. The largest absolute Gasteiger partial charge is 0.354 e. The summed E-state index contributed by atoms with van der Waals surface area (Å²) in [7, 11) is 0. The van der Waals surface area contributed by atoms with Gasteiger partial charge in [-0.25, -0.2) is 4.98 Å². The molecule has 0 unspecified atom stereocenters. The normalized spacial score (nSPS) is 29.9. The van der Waals surface area contributed by atoms with Crippen LogP contribution in [-0.2, 0) is 11.3 Å². The molecule has 6 rings (SSSR count). The number of carbonyl (C=O) groups is 1. The molecule has 4 aliphatic carbocycles. The van der Waals surface area contributed by atoms with Crippen LogP contribution in [0.2, 0.25) is 0 Å². The molecular weight excluding hydrogens is 372 g/mol. The number of non-ortho nitro benzene ring substituents is 1. The van der Waals surface area contributed by atoms with Gasteiger partial charge in [-0.2, -0.15) is 0 Å². The standard InChI is InChI=1S/C21H24N4O4/c26-19(22-11-21-7-13-3-14(8-21)5-15(4-13)9-21)10-24-12-23-18-2-1-16(25(28)29)6-17(18)20(24)27/h1-2,6,12-15H,3-5,7-11H2,(H,22,26). The van der Waals surface area contributed by atoms with Crippen LogP contribution in [-0.4, -0.2) is 26.9 Å². The first kappa shape index (κ1) is 18.3. The first-order chi connectivity index (χ1) is 13.9. The lowest BCUT2D eigenvalue weighted by atomic mass is 9.49. The second-order valence-corrected chi connectivity index (χ2v) is 9.33. The van der Waals surface area contributed by atoms with Gasteiger partial charge in [0.25, 0.3) is 11.2 Å². The molecular formula is C21H24N4O4. The molecule has 0 saturated heterocycles. The molecule has 4 aliphatic rings. The summed E-state index contributed by atoms with van der Waals surface area (Å²) in [5, 5.41) is 14.2. The number of fused-ring (bicyclic) bond motifs is 1. The van der Waals surface area contributed by atoms with Crippen LogP contribution in [0.25, 0.3) is 10.9 Å². The molecule has 4 fully saturated rings. The van der Waals surface area contributed by atoms with Crippen LogP contribution in [0.15, 0.2) is 29.3 Å². The average Bonchev–Trinajstić information content (AvgIpc) is 2.67. The molecule has 29 heavy (non-hydrogen) atoms. The molecule has 0 radical (unpaired) electrons. The molecule has 1 aromatic heterocycles. The molecule has 8 heteroatoms. The summed E-state index contributed by atoms with van der Waals surface area (Å²) in [4.78, 5) is 39.8. The summed E-state index contributed by atoms with van der Waals surface area (Å²) < 4.78 is 1.22. The quantitative estimate of drug-likeness (QED) is 0.617. The van der Waals surface area contributed by atoms with Gasteiger partial charge in [-0.15, -0.1) is 0 Å². The van der Waals surface area contributed by atoms with Crippen LogP contribution in [0.5, 0.6) is 0 Å². The van der Waals surface area contributed by atoms with Crippen molar-refractivity contribution in [1.82, 2.24) is 14.9 Å². The number of amides is 1. The summed E-state index contributed by atoms with van der Waals surface area (Å²) in [6.45, 7) is 0.549. The molecule has 1 amide bonds. The van der Waals surface area contributed by atoms with Crippen molar-refractivity contribution >= 4 is 22.5 Å². The van der Waals surface area contributed by atoms with Crippen LogP contribution >= 0.6 is 0 Å². The maximum absolute atomic E-state index is 12.7. The monoisotopic (exact) mass is 396 g/mol. The fourth-order valence-corrected chi connectivity index (χ4v) is 6.38. The number of hydrogen-bond donors (Lipinski definition) is 1. The first-order valence-corrected chi connectivity index (χ1v) is 10.3. The zero-order valence-electron chi connectivity index (χ0n) is 16.2. The molecule has 0 aliphatic heterocycles. The highest BCUT2D eigenvalue weighted by atomic mass is 16.6. The third-order valence-corrected chi connectivity index (χ3v) is 7.16. The highest BCUT2D eigenvalue weighted by Crippen LogP contribution is 2.59. The van der Waals surface area contributed by atoms with Crippen molar-refractivity contribution in [2.45, 2.75) is 45.1 Å². The fourth-order valence-electron chi connectivity index (χ4n) is 6.38. The number of nitrogens with zero attached hydrogens (tertiary/aromatic N) is 3. The second kappa shape index (κ2) is 6.64. The number of hydrogen-bond acceptors (Lipinski definition) is 5. The Bertz CT molecular complexity index is 1030. The number of rotatable bonds is 5. The maximum atomic E-state index is 12.7. The van der Waals surface area contributed by atoms with E-state index in [0.29, 0.717) is 12.1 Å². The highest BCUT2D eigenvalue weighted by molar-refractivity contribution is 5.80. The predicted molar refractivity (Wildman–Crippen MR) is 106 cm³/mol. The van der Waals surface area contributed by atoms with Gasteiger partial charge in [-0.1, -0.05) is 0 Å². The number of nitro benzene ring substituents is 1. The number of benzene rings is 1. The Labute approximate surface area is 167 Å². The molecule has 0 spiro atoms. The summed E-state index contributed by atoms with van der Waals surface area (Å²) >= 11 is 0. The van der Waals surface area contributed by atoms with Crippen LogP contribution in [0.3, 0.4) is 0 Å². The first-order valence-electron chi connectivity index (χ1n) is 10.3. The number of nitro groups is 1. The summed E-state index contributed by atoms with van der Waals surface area (Å²) in [6, 6.07) is 3.98. The summed E-state index contributed by atoms with van der Waals surface area (Å²) in [6.07, 6.45) is 9.04. The molecule has 1 aromatic carbocycles. The summed E-state index contributed by atoms with van der Waals surface area (Å²) in [5.41, 5.74) is 0.00680. The van der Waals surface area contributed by atoms with Gasteiger partial charge >= 0.3 is 0 Å². The van der Waals surface area contributed by atoms with Gasteiger partial charge in [-0.3, -0.25) is 24.3 Å². The zero-order chi connectivity index (χ0) is 20.2. The molecule has 2 aromatic rings. The minimum Gasteiger partial charge on any atom is -0.354 e. The molecule has 1 N–H and O–H groups in total. The molecule has 152 valence electrons. The van der Waals surface area contributed by atoms with Gasteiger partial charge < -0.3 is 5.32 Å². The maximum Gasteiger partial charge on any atom is 0.270 e. The Morgan fingerprint density at radius 1 is 1.21 bits per heavy atom. The third kappa shape index (κ3) is 3.30. The van der Waals surface area contributed by atoms with E-state index in [1.807, 2.05) is 0 Å². The lowest BCUT2D eigenvalue weighted by Gasteiger charge is -2.56. The van der Waals surface area contributed by atoms with Crippen LogP contribution in [0.1, 0.15) is 38.5 Å². The van der Waals surface area contributed by atoms with Crippen LogP contribution in [0, 0.1) is 33.3 Å². The van der Waals surface area contributed by atoms with Crippen molar-refractivity contribution in [2.24, 2.45) is 23.2 Å². The van der Waals surface area contributed by atoms with E-state index in [1.165, 1.54) is 67.6 Å². The van der Waals surface area contributed by atoms with Crippen molar-refractivity contribution in [1.29, 1.82) is 0 Å². The topological polar surface area (TPSA) is 107 Å². The van der Waals surface area contributed by atoms with Crippen molar-refractivity contribution in [3.8, 4) is 0 Å². The van der Waals surface area contributed by atoms with Crippen LogP contribution < -0.4 is 10.9 Å². The Balaban J connectivity index is 1.29. The average molecular weight is 396 g/mol. The molecule has 8 nitrogen and oxygen atoms in total. The van der Waals surface area contributed by atoms with Crippen molar-refractivity contribution in [2.75, 3.05) is 6.54 Å². The lowest BCUT2D eigenvalue weighted by molar-refractivity contribution is -0.384. The molecule has 0 atom stereocenters. The Morgan fingerprint density at radius 2 is 1.86 bits per heavy atom. The van der Waals surface area contributed by atoms with E-state index in [-0.39, 0.29) is 28.9 Å². The van der Waals surface area contributed by atoms with Gasteiger partial charge in [0.15, 0.2) is 0 Å². The zero-order valence-corrected chi connectivity index (χ0v) is 16.2. The van der Waals surface area contributed by atoms with Crippen LogP contribution in [0.4, 0.5) is 5.69 Å². The van der Waals surface area contributed by atoms with E-state index in [2.05, 4.69) is 10.3 Å². The Morgan fingerprint density at radius 3 is 2.48 bits per heavy atom.